The van der Waals surface area contributed by atoms with Crippen molar-refractivity contribution >= 4 is 0 Å². The van der Waals surface area contributed by atoms with Crippen LogP contribution in [0.15, 0.2) is 0 Å². The number of aliphatic hydroxyl groups excluding tert-OH is 4. The second-order valence-electron chi connectivity index (χ2n) is 5.98. The molecule has 1 aliphatic heterocycles. The van der Waals surface area contributed by atoms with Crippen molar-refractivity contribution in [1.82, 2.24) is 0 Å². The summed E-state index contributed by atoms with van der Waals surface area (Å²) < 4.78 is 11.0. The molecule has 0 unspecified atom stereocenters. The lowest BCUT2D eigenvalue weighted by Crippen LogP contribution is -2.67. The van der Waals surface area contributed by atoms with Crippen molar-refractivity contribution in [3.8, 4) is 0 Å². The average molecular weight is 322 g/mol. The first-order valence-corrected chi connectivity index (χ1v) is 7.28. The summed E-state index contributed by atoms with van der Waals surface area (Å²) >= 11 is 0. The third kappa shape index (κ3) is 3.26. The lowest BCUT2D eigenvalue weighted by Gasteiger charge is -2.45. The van der Waals surface area contributed by atoms with E-state index in [0.29, 0.717) is 0 Å². The third-order valence-electron chi connectivity index (χ3n) is 4.36. The van der Waals surface area contributed by atoms with Crippen molar-refractivity contribution < 1.29 is 29.9 Å². The zero-order valence-corrected chi connectivity index (χ0v) is 12.1. The van der Waals surface area contributed by atoms with Crippen molar-refractivity contribution in [2.75, 3.05) is 6.54 Å². The number of ether oxygens (including phenoxy) is 2. The van der Waals surface area contributed by atoms with Crippen LogP contribution in [0.4, 0.5) is 0 Å². The Hall–Kier alpha value is -0.400. The van der Waals surface area contributed by atoms with Crippen molar-refractivity contribution in [1.29, 1.82) is 0 Å². The quantitative estimate of drug-likeness (QED) is 0.248. The van der Waals surface area contributed by atoms with Gasteiger partial charge < -0.3 is 52.8 Å². The topological polar surface area (TPSA) is 203 Å². The Morgan fingerprint density at radius 2 is 1.55 bits per heavy atom. The second-order valence-corrected chi connectivity index (χ2v) is 5.98. The summed E-state index contributed by atoms with van der Waals surface area (Å²) in [7, 11) is 0. The van der Waals surface area contributed by atoms with Gasteiger partial charge in [-0.1, -0.05) is 0 Å². The summed E-state index contributed by atoms with van der Waals surface area (Å²) in [6, 6.07) is -2.34. The molecule has 0 aromatic heterocycles. The van der Waals surface area contributed by atoms with Gasteiger partial charge in [0.05, 0.1) is 12.1 Å². The molecule has 2 fully saturated rings. The minimum atomic E-state index is -1.31. The number of rotatable bonds is 3. The van der Waals surface area contributed by atoms with Gasteiger partial charge in [-0.15, -0.1) is 0 Å². The Morgan fingerprint density at radius 1 is 0.909 bits per heavy atom. The summed E-state index contributed by atoms with van der Waals surface area (Å²) in [5, 5.41) is 39.6. The van der Waals surface area contributed by atoms with E-state index in [4.69, 9.17) is 32.4 Å². The standard InChI is InChI=1S/C12H26N4O6/c13-2-5-8(18)9(19)6(16)12(21-5)22-11-4(15)1-3(14)7(17)10(11)20/h3-12,17-20H,1-2,13-16H2/t3-,4+,5-,6+,7-,8+,9+,10+,11+,12+/m0/s1. The minimum absolute atomic E-state index is 0.0441. The highest BCUT2D eigenvalue weighted by Gasteiger charge is 2.47. The van der Waals surface area contributed by atoms with Crippen molar-refractivity contribution in [3.05, 3.63) is 0 Å². The number of nitrogens with two attached hydrogens (primary N) is 4. The zero-order chi connectivity index (χ0) is 16.6. The molecule has 1 saturated carbocycles. The molecule has 0 amide bonds. The van der Waals surface area contributed by atoms with Crippen LogP contribution in [-0.4, -0.2) is 88.0 Å². The fourth-order valence-corrected chi connectivity index (χ4v) is 2.89. The van der Waals surface area contributed by atoms with E-state index >= 15 is 0 Å². The number of hydrogen-bond donors (Lipinski definition) is 8. The van der Waals surface area contributed by atoms with Gasteiger partial charge >= 0.3 is 0 Å². The molecule has 0 bridgehead atoms. The molecule has 12 N–H and O–H groups in total. The van der Waals surface area contributed by atoms with E-state index in [1.165, 1.54) is 0 Å². The molecule has 130 valence electrons. The molecule has 0 radical (unpaired) electrons. The largest absolute Gasteiger partial charge is 0.389 e. The Morgan fingerprint density at radius 3 is 2.14 bits per heavy atom. The first-order chi connectivity index (χ1) is 10.3. The highest BCUT2D eigenvalue weighted by molar-refractivity contribution is 4.99. The first-order valence-electron chi connectivity index (χ1n) is 7.28. The molecule has 1 heterocycles. The van der Waals surface area contributed by atoms with E-state index in [1.807, 2.05) is 0 Å². The summed E-state index contributed by atoms with van der Waals surface area (Å²) in [4.78, 5) is 0. The lowest BCUT2D eigenvalue weighted by atomic mass is 9.84. The van der Waals surface area contributed by atoms with E-state index in [9.17, 15) is 20.4 Å². The fourth-order valence-electron chi connectivity index (χ4n) is 2.89. The van der Waals surface area contributed by atoms with Gasteiger partial charge in [-0.05, 0) is 6.42 Å². The van der Waals surface area contributed by atoms with Gasteiger partial charge in [-0.25, -0.2) is 0 Å². The molecule has 10 nitrogen and oxygen atoms in total. The van der Waals surface area contributed by atoms with Crippen molar-refractivity contribution in [2.24, 2.45) is 22.9 Å². The summed E-state index contributed by atoms with van der Waals surface area (Å²) in [5.41, 5.74) is 22.8. The van der Waals surface area contributed by atoms with Crippen LogP contribution in [0.25, 0.3) is 0 Å². The maximum absolute atomic E-state index is 10.1. The van der Waals surface area contributed by atoms with Gasteiger partial charge in [-0.2, -0.15) is 0 Å². The molecule has 2 rings (SSSR count). The normalized spacial score (nSPS) is 53.5. The molecule has 0 aromatic rings. The van der Waals surface area contributed by atoms with E-state index in [-0.39, 0.29) is 13.0 Å². The second kappa shape index (κ2) is 7.01. The lowest BCUT2D eigenvalue weighted by molar-refractivity contribution is -0.287. The molecular weight excluding hydrogens is 296 g/mol. The SMILES string of the molecule is NC[C@@H]1O[C@H](O[C@H]2[C@H](O)[C@@H](O)[C@@H](N)C[C@H]2N)[C@H](N)[C@@H](O)[C@@H]1O. The van der Waals surface area contributed by atoms with E-state index < -0.39 is 61.0 Å². The van der Waals surface area contributed by atoms with Gasteiger partial charge in [0.1, 0.15) is 30.5 Å². The van der Waals surface area contributed by atoms with Crippen LogP contribution in [0.5, 0.6) is 0 Å². The molecule has 10 atom stereocenters. The smallest absolute Gasteiger partial charge is 0.176 e. The molecular formula is C12H26N4O6. The Bertz CT molecular complexity index is 376. The maximum Gasteiger partial charge on any atom is 0.176 e. The van der Waals surface area contributed by atoms with E-state index in [1.54, 1.807) is 0 Å². The zero-order valence-electron chi connectivity index (χ0n) is 12.1. The average Bonchev–Trinajstić information content (AvgIpc) is 2.49. The van der Waals surface area contributed by atoms with E-state index in [0.717, 1.165) is 0 Å². The Kier molecular flexibility index (Phi) is 5.72. The highest BCUT2D eigenvalue weighted by Crippen LogP contribution is 2.26. The molecule has 10 heteroatoms. The van der Waals surface area contributed by atoms with Crippen LogP contribution in [0.1, 0.15) is 6.42 Å². The summed E-state index contributed by atoms with van der Waals surface area (Å²) in [5.74, 6) is 0. The highest BCUT2D eigenvalue weighted by atomic mass is 16.7. The summed E-state index contributed by atoms with van der Waals surface area (Å²) in [6.45, 7) is -0.0441. The Balaban J connectivity index is 2.08. The molecule has 1 saturated heterocycles. The molecule has 22 heavy (non-hydrogen) atoms. The van der Waals surface area contributed by atoms with Gasteiger partial charge in [0.2, 0.25) is 0 Å². The van der Waals surface area contributed by atoms with Gasteiger partial charge in [0, 0.05) is 18.6 Å². The Labute approximate surface area is 128 Å². The predicted octanol–water partition coefficient (Wildman–Crippen LogP) is -5.12. The molecule has 2 aliphatic rings. The van der Waals surface area contributed by atoms with Crippen LogP contribution in [0, 0.1) is 0 Å². The third-order valence-corrected chi connectivity index (χ3v) is 4.36. The van der Waals surface area contributed by atoms with Crippen molar-refractivity contribution in [2.45, 2.75) is 67.5 Å². The minimum Gasteiger partial charge on any atom is -0.389 e. The van der Waals surface area contributed by atoms with Crippen LogP contribution in [-0.2, 0) is 9.47 Å². The predicted molar refractivity (Wildman–Crippen MR) is 75.2 cm³/mol. The van der Waals surface area contributed by atoms with Crippen molar-refractivity contribution in [3.63, 3.8) is 0 Å². The fraction of sp³-hybridized carbons (Fsp3) is 1.00. The van der Waals surface area contributed by atoms with Crippen LogP contribution in [0.2, 0.25) is 0 Å². The monoisotopic (exact) mass is 322 g/mol. The number of hydrogen-bond acceptors (Lipinski definition) is 10. The first kappa shape index (κ1) is 17.9. The van der Waals surface area contributed by atoms with Gasteiger partial charge in [-0.3, -0.25) is 0 Å². The van der Waals surface area contributed by atoms with Gasteiger partial charge in [0.15, 0.2) is 6.29 Å². The van der Waals surface area contributed by atoms with Crippen LogP contribution < -0.4 is 22.9 Å². The van der Waals surface area contributed by atoms with Crippen LogP contribution >= 0.6 is 0 Å². The number of aliphatic hydroxyl groups is 4. The van der Waals surface area contributed by atoms with Gasteiger partial charge in [0.25, 0.3) is 0 Å². The van der Waals surface area contributed by atoms with E-state index in [2.05, 4.69) is 0 Å². The molecule has 0 aromatic carbocycles. The molecule has 0 spiro atoms. The van der Waals surface area contributed by atoms with Crippen LogP contribution in [0.3, 0.4) is 0 Å². The maximum atomic E-state index is 10.1. The summed E-state index contributed by atoms with van der Waals surface area (Å²) in [6.07, 6.45) is -7.73. The molecule has 1 aliphatic carbocycles.